The third-order valence-electron chi connectivity index (χ3n) is 2.35. The Bertz CT molecular complexity index is 278. The normalized spacial score (nSPS) is 21.4. The van der Waals surface area contributed by atoms with Crippen LogP contribution in [0.4, 0.5) is 0 Å². The smallest absolute Gasteiger partial charge is 0.289 e. The van der Waals surface area contributed by atoms with Crippen molar-refractivity contribution in [3.63, 3.8) is 0 Å². The van der Waals surface area contributed by atoms with Crippen LogP contribution in [-0.2, 0) is 9.53 Å². The van der Waals surface area contributed by atoms with Gasteiger partial charge in [0.2, 0.25) is 0 Å². The van der Waals surface area contributed by atoms with Crippen molar-refractivity contribution >= 4 is 5.91 Å². The maximum atomic E-state index is 11.8. The van der Waals surface area contributed by atoms with Gasteiger partial charge in [-0.2, -0.15) is 0 Å². The van der Waals surface area contributed by atoms with Gasteiger partial charge in [0.05, 0.1) is 6.26 Å². The van der Waals surface area contributed by atoms with Gasteiger partial charge in [0.1, 0.15) is 0 Å². The maximum Gasteiger partial charge on any atom is 0.289 e. The van der Waals surface area contributed by atoms with E-state index in [9.17, 15) is 4.79 Å². The second-order valence-electron chi connectivity index (χ2n) is 3.34. The topological polar surface area (TPSA) is 41.6 Å². The summed E-state index contributed by atoms with van der Waals surface area (Å²) in [5.74, 6) is 0.477. The van der Waals surface area contributed by atoms with Gasteiger partial charge in [-0.15, -0.1) is 0 Å². The molecule has 0 saturated carbocycles. The molecule has 4 heteroatoms. The highest BCUT2D eigenvalue weighted by Gasteiger charge is 2.21. The SMILES string of the molecule is O=C(C1=CCC=CO1)N1CCNCC1. The molecule has 0 atom stereocenters. The lowest BCUT2D eigenvalue weighted by Gasteiger charge is -2.28. The molecular formula is C10H14N2O2. The molecule has 1 saturated heterocycles. The number of piperazine rings is 1. The molecule has 2 rings (SSSR count). The summed E-state index contributed by atoms with van der Waals surface area (Å²) in [5.41, 5.74) is 0. The van der Waals surface area contributed by atoms with E-state index in [-0.39, 0.29) is 5.91 Å². The number of hydrogen-bond acceptors (Lipinski definition) is 3. The van der Waals surface area contributed by atoms with Crippen LogP contribution >= 0.6 is 0 Å². The molecule has 2 aliphatic heterocycles. The fourth-order valence-corrected chi connectivity index (χ4v) is 1.56. The average Bonchev–Trinajstić information content (AvgIpc) is 2.30. The van der Waals surface area contributed by atoms with Crippen LogP contribution in [0.1, 0.15) is 6.42 Å². The fourth-order valence-electron chi connectivity index (χ4n) is 1.56. The van der Waals surface area contributed by atoms with Gasteiger partial charge < -0.3 is 15.0 Å². The Hall–Kier alpha value is -1.29. The second kappa shape index (κ2) is 4.28. The number of allylic oxidation sites excluding steroid dienone is 2. The van der Waals surface area contributed by atoms with E-state index in [0.29, 0.717) is 5.76 Å². The summed E-state index contributed by atoms with van der Waals surface area (Å²) in [5, 5.41) is 3.20. The molecule has 0 aliphatic carbocycles. The number of carbonyl (C=O) groups is 1. The molecule has 0 aromatic carbocycles. The van der Waals surface area contributed by atoms with E-state index < -0.39 is 0 Å². The lowest BCUT2D eigenvalue weighted by molar-refractivity contribution is -0.130. The number of carbonyl (C=O) groups excluding carboxylic acids is 1. The van der Waals surface area contributed by atoms with Crippen molar-refractivity contribution in [2.45, 2.75) is 6.42 Å². The molecule has 1 N–H and O–H groups in total. The van der Waals surface area contributed by atoms with Crippen LogP contribution in [0.25, 0.3) is 0 Å². The molecule has 14 heavy (non-hydrogen) atoms. The molecule has 0 radical (unpaired) electrons. The van der Waals surface area contributed by atoms with Crippen LogP contribution in [0.3, 0.4) is 0 Å². The zero-order chi connectivity index (χ0) is 9.80. The highest BCUT2D eigenvalue weighted by molar-refractivity contribution is 5.91. The van der Waals surface area contributed by atoms with E-state index in [2.05, 4.69) is 5.32 Å². The molecule has 0 aromatic heterocycles. The van der Waals surface area contributed by atoms with E-state index in [1.165, 1.54) is 0 Å². The van der Waals surface area contributed by atoms with Crippen LogP contribution < -0.4 is 5.32 Å². The molecule has 0 aromatic rings. The van der Waals surface area contributed by atoms with Gasteiger partial charge in [0.25, 0.3) is 5.91 Å². The quantitative estimate of drug-likeness (QED) is 0.650. The summed E-state index contributed by atoms with van der Waals surface area (Å²) in [6, 6.07) is 0. The van der Waals surface area contributed by atoms with Gasteiger partial charge in [0, 0.05) is 26.2 Å². The number of ether oxygens (including phenoxy) is 1. The predicted octanol–water partition coefficient (Wildman–Crippen LogP) is 0.236. The van der Waals surface area contributed by atoms with Crippen molar-refractivity contribution in [2.24, 2.45) is 0 Å². The molecule has 1 fully saturated rings. The van der Waals surface area contributed by atoms with Gasteiger partial charge in [-0.25, -0.2) is 0 Å². The fraction of sp³-hybridized carbons (Fsp3) is 0.500. The van der Waals surface area contributed by atoms with Crippen molar-refractivity contribution in [2.75, 3.05) is 26.2 Å². The molecule has 0 bridgehead atoms. The zero-order valence-corrected chi connectivity index (χ0v) is 8.03. The van der Waals surface area contributed by atoms with Gasteiger partial charge in [-0.05, 0) is 18.6 Å². The minimum atomic E-state index is 0.0100. The highest BCUT2D eigenvalue weighted by Crippen LogP contribution is 2.11. The minimum Gasteiger partial charge on any atom is -0.460 e. The number of hydrogen-bond donors (Lipinski definition) is 1. The summed E-state index contributed by atoms with van der Waals surface area (Å²) in [6.07, 6.45) is 6.07. The van der Waals surface area contributed by atoms with Crippen molar-refractivity contribution < 1.29 is 9.53 Å². The van der Waals surface area contributed by atoms with Crippen LogP contribution in [0.15, 0.2) is 24.2 Å². The minimum absolute atomic E-state index is 0.0100. The number of rotatable bonds is 1. The van der Waals surface area contributed by atoms with E-state index in [1.807, 2.05) is 17.1 Å². The van der Waals surface area contributed by atoms with Gasteiger partial charge in [-0.3, -0.25) is 4.79 Å². The first kappa shape index (κ1) is 9.27. The van der Waals surface area contributed by atoms with Gasteiger partial charge in [0.15, 0.2) is 5.76 Å². The lowest BCUT2D eigenvalue weighted by Crippen LogP contribution is -2.47. The van der Waals surface area contributed by atoms with E-state index in [4.69, 9.17) is 4.74 Å². The Kier molecular flexibility index (Phi) is 2.84. The Labute approximate surface area is 83.2 Å². The number of nitrogens with zero attached hydrogens (tertiary/aromatic N) is 1. The van der Waals surface area contributed by atoms with E-state index >= 15 is 0 Å². The van der Waals surface area contributed by atoms with Crippen LogP contribution in [-0.4, -0.2) is 37.0 Å². The largest absolute Gasteiger partial charge is 0.460 e. The summed E-state index contributed by atoms with van der Waals surface area (Å²) in [7, 11) is 0. The molecule has 1 amide bonds. The zero-order valence-electron chi connectivity index (χ0n) is 8.03. The number of nitrogens with one attached hydrogen (secondary N) is 1. The molecule has 0 unspecified atom stereocenters. The second-order valence-corrected chi connectivity index (χ2v) is 3.34. The van der Waals surface area contributed by atoms with Crippen molar-refractivity contribution in [3.8, 4) is 0 Å². The molecule has 4 nitrogen and oxygen atoms in total. The lowest BCUT2D eigenvalue weighted by atomic mass is 10.2. The maximum absolute atomic E-state index is 11.8. The molecule has 2 aliphatic rings. The Morgan fingerprint density at radius 3 is 2.86 bits per heavy atom. The third kappa shape index (κ3) is 1.96. The molecule has 2 heterocycles. The summed E-state index contributed by atoms with van der Waals surface area (Å²) in [4.78, 5) is 13.6. The Morgan fingerprint density at radius 1 is 1.43 bits per heavy atom. The first-order valence-corrected chi connectivity index (χ1v) is 4.90. The Morgan fingerprint density at radius 2 is 2.21 bits per heavy atom. The van der Waals surface area contributed by atoms with Crippen molar-refractivity contribution in [1.82, 2.24) is 10.2 Å². The average molecular weight is 194 g/mol. The molecular weight excluding hydrogens is 180 g/mol. The first-order chi connectivity index (χ1) is 6.88. The van der Waals surface area contributed by atoms with Crippen molar-refractivity contribution in [1.29, 1.82) is 0 Å². The third-order valence-corrected chi connectivity index (χ3v) is 2.35. The van der Waals surface area contributed by atoms with E-state index in [1.54, 1.807) is 6.26 Å². The summed E-state index contributed by atoms with van der Waals surface area (Å²) in [6.45, 7) is 3.27. The monoisotopic (exact) mass is 194 g/mol. The van der Waals surface area contributed by atoms with Gasteiger partial charge >= 0.3 is 0 Å². The van der Waals surface area contributed by atoms with Gasteiger partial charge in [-0.1, -0.05) is 0 Å². The predicted molar refractivity (Wildman–Crippen MR) is 52.4 cm³/mol. The first-order valence-electron chi connectivity index (χ1n) is 4.90. The standard InChI is InChI=1S/C10H14N2O2/c13-10(9-3-1-2-8-14-9)12-6-4-11-5-7-12/h2-3,8,11H,1,4-7H2. The van der Waals surface area contributed by atoms with Crippen LogP contribution in [0.5, 0.6) is 0 Å². The Balaban J connectivity index is 1.96. The van der Waals surface area contributed by atoms with Crippen LogP contribution in [0, 0.1) is 0 Å². The van der Waals surface area contributed by atoms with E-state index in [0.717, 1.165) is 32.6 Å². The number of amides is 1. The van der Waals surface area contributed by atoms with Crippen molar-refractivity contribution in [3.05, 3.63) is 24.2 Å². The van der Waals surface area contributed by atoms with Crippen LogP contribution in [0.2, 0.25) is 0 Å². The molecule has 76 valence electrons. The highest BCUT2D eigenvalue weighted by atomic mass is 16.5. The summed E-state index contributed by atoms with van der Waals surface area (Å²) < 4.78 is 5.16. The summed E-state index contributed by atoms with van der Waals surface area (Å²) >= 11 is 0. The molecule has 0 spiro atoms.